The van der Waals surface area contributed by atoms with Crippen LogP contribution in [0.4, 0.5) is 0 Å². The van der Waals surface area contributed by atoms with Gasteiger partial charge in [0.1, 0.15) is 0 Å². The summed E-state index contributed by atoms with van der Waals surface area (Å²) in [5, 5.41) is 15.1. The van der Waals surface area contributed by atoms with Crippen molar-refractivity contribution in [2.24, 2.45) is 5.41 Å². The fraction of sp³-hybridized carbons (Fsp3) is 0.467. The number of benzene rings is 1. The van der Waals surface area contributed by atoms with Crippen LogP contribution in [0.25, 0.3) is 0 Å². The number of hydrogen-bond donors (Lipinski definition) is 1. The van der Waals surface area contributed by atoms with Crippen molar-refractivity contribution in [2.75, 3.05) is 0 Å². The van der Waals surface area contributed by atoms with E-state index in [1.807, 2.05) is 26.8 Å². The van der Waals surface area contributed by atoms with E-state index in [9.17, 15) is 5.11 Å². The van der Waals surface area contributed by atoms with Gasteiger partial charge in [-0.15, -0.1) is 0 Å². The van der Waals surface area contributed by atoms with Crippen molar-refractivity contribution < 1.29 is 9.63 Å². The van der Waals surface area contributed by atoms with Crippen LogP contribution >= 0.6 is 23.2 Å². The smallest absolute Gasteiger partial charge is 0.229 e. The van der Waals surface area contributed by atoms with E-state index < -0.39 is 6.10 Å². The molecule has 0 aliphatic heterocycles. The summed E-state index contributed by atoms with van der Waals surface area (Å²) in [6.07, 6.45) is 0.264. The van der Waals surface area contributed by atoms with Crippen LogP contribution in [0.15, 0.2) is 22.7 Å². The molecule has 114 valence electrons. The summed E-state index contributed by atoms with van der Waals surface area (Å²) < 4.78 is 5.18. The second kappa shape index (κ2) is 6.34. The maximum atomic E-state index is 10.0. The molecule has 1 aromatic carbocycles. The lowest BCUT2D eigenvalue weighted by Gasteiger charge is -2.24. The van der Waals surface area contributed by atoms with Crippen molar-refractivity contribution >= 4 is 23.2 Å². The van der Waals surface area contributed by atoms with Gasteiger partial charge in [0, 0.05) is 16.5 Å². The second-order valence-corrected chi connectivity index (χ2v) is 6.95. The zero-order chi connectivity index (χ0) is 15.6. The Morgan fingerprint density at radius 3 is 2.62 bits per heavy atom. The van der Waals surface area contributed by atoms with E-state index in [-0.39, 0.29) is 5.41 Å². The summed E-state index contributed by atoms with van der Waals surface area (Å²) in [4.78, 5) is 4.29. The fourth-order valence-electron chi connectivity index (χ4n) is 1.75. The highest BCUT2D eigenvalue weighted by atomic mass is 35.5. The Morgan fingerprint density at radius 1 is 1.29 bits per heavy atom. The molecule has 1 aromatic heterocycles. The van der Waals surface area contributed by atoms with Crippen LogP contribution in [0, 0.1) is 5.41 Å². The minimum Gasteiger partial charge on any atom is -0.392 e. The van der Waals surface area contributed by atoms with E-state index in [1.54, 1.807) is 12.1 Å². The molecule has 0 aliphatic rings. The second-order valence-electron chi connectivity index (χ2n) is 6.10. The molecule has 2 aromatic rings. The minimum absolute atomic E-state index is 0.228. The number of aliphatic hydroxyl groups is 1. The van der Waals surface area contributed by atoms with Crippen molar-refractivity contribution in [1.82, 2.24) is 10.1 Å². The molecule has 0 bridgehead atoms. The average molecular weight is 329 g/mol. The molecule has 0 saturated heterocycles. The lowest BCUT2D eigenvalue weighted by Crippen LogP contribution is -2.28. The maximum Gasteiger partial charge on any atom is 0.229 e. The van der Waals surface area contributed by atoms with Crippen LogP contribution in [-0.4, -0.2) is 21.4 Å². The van der Waals surface area contributed by atoms with Crippen LogP contribution < -0.4 is 0 Å². The summed E-state index contributed by atoms with van der Waals surface area (Å²) >= 11 is 12.0. The van der Waals surface area contributed by atoms with E-state index >= 15 is 0 Å². The number of nitrogens with zero attached hydrogens (tertiary/aromatic N) is 2. The van der Waals surface area contributed by atoms with Crippen LogP contribution in [-0.2, 0) is 12.8 Å². The highest BCUT2D eigenvalue weighted by molar-refractivity contribution is 6.35. The first-order valence-corrected chi connectivity index (χ1v) is 7.45. The standard InChI is InChI=1S/C15H18Cl2N2O2/c1-15(2,3)12(20)8-14-18-13(19-21-14)6-9-4-5-10(16)7-11(9)17/h4-5,7,12,20H,6,8H2,1-3H3. The molecule has 0 aliphatic carbocycles. The van der Waals surface area contributed by atoms with Gasteiger partial charge in [0.25, 0.3) is 0 Å². The van der Waals surface area contributed by atoms with E-state index in [0.717, 1.165) is 5.56 Å². The normalized spacial score (nSPS) is 13.4. The summed E-state index contributed by atoms with van der Waals surface area (Å²) in [5.74, 6) is 0.966. The van der Waals surface area contributed by atoms with Gasteiger partial charge in [0.15, 0.2) is 5.82 Å². The SMILES string of the molecule is CC(C)(C)C(O)Cc1nc(Cc2ccc(Cl)cc2Cl)no1. The highest BCUT2D eigenvalue weighted by Gasteiger charge is 2.24. The molecule has 1 N–H and O–H groups in total. The lowest BCUT2D eigenvalue weighted by molar-refractivity contribution is 0.0565. The minimum atomic E-state index is -0.537. The maximum absolute atomic E-state index is 10.0. The largest absolute Gasteiger partial charge is 0.392 e. The summed E-state index contributed by atoms with van der Waals surface area (Å²) in [5.41, 5.74) is 0.651. The summed E-state index contributed by atoms with van der Waals surface area (Å²) in [6.45, 7) is 5.88. The van der Waals surface area contributed by atoms with Gasteiger partial charge in [-0.05, 0) is 23.1 Å². The first-order valence-electron chi connectivity index (χ1n) is 6.69. The van der Waals surface area contributed by atoms with Crippen LogP contribution in [0.2, 0.25) is 10.0 Å². The first-order chi connectivity index (χ1) is 9.75. The van der Waals surface area contributed by atoms with Crippen LogP contribution in [0.5, 0.6) is 0 Å². The quantitative estimate of drug-likeness (QED) is 0.924. The van der Waals surface area contributed by atoms with Crippen molar-refractivity contribution in [3.05, 3.63) is 45.5 Å². The third-order valence-electron chi connectivity index (χ3n) is 3.24. The molecule has 0 amide bonds. The van der Waals surface area contributed by atoms with E-state index in [1.165, 1.54) is 0 Å². The van der Waals surface area contributed by atoms with Crippen molar-refractivity contribution in [3.63, 3.8) is 0 Å². The molecular formula is C15H18Cl2N2O2. The third kappa shape index (κ3) is 4.43. The number of halogens is 2. The molecule has 2 rings (SSSR count). The molecule has 0 fully saturated rings. The van der Waals surface area contributed by atoms with Gasteiger partial charge >= 0.3 is 0 Å². The number of aromatic nitrogens is 2. The van der Waals surface area contributed by atoms with Crippen molar-refractivity contribution in [1.29, 1.82) is 0 Å². The van der Waals surface area contributed by atoms with E-state index in [4.69, 9.17) is 27.7 Å². The predicted octanol–water partition coefficient (Wildman–Crippen LogP) is 3.92. The lowest BCUT2D eigenvalue weighted by atomic mass is 9.87. The first kappa shape index (κ1) is 16.3. The zero-order valence-electron chi connectivity index (χ0n) is 12.2. The Bertz CT molecular complexity index is 620. The van der Waals surface area contributed by atoms with Gasteiger partial charge in [-0.25, -0.2) is 0 Å². The van der Waals surface area contributed by atoms with Gasteiger partial charge in [-0.3, -0.25) is 0 Å². The number of aliphatic hydroxyl groups excluding tert-OH is 1. The molecule has 1 unspecified atom stereocenters. The zero-order valence-corrected chi connectivity index (χ0v) is 13.7. The van der Waals surface area contributed by atoms with Crippen LogP contribution in [0.3, 0.4) is 0 Å². The molecule has 0 radical (unpaired) electrons. The number of rotatable bonds is 4. The van der Waals surface area contributed by atoms with Crippen LogP contribution in [0.1, 0.15) is 38.0 Å². The third-order valence-corrected chi connectivity index (χ3v) is 3.83. The molecule has 4 nitrogen and oxygen atoms in total. The Kier molecular flexibility index (Phi) is 4.91. The van der Waals surface area contributed by atoms with Crippen molar-refractivity contribution in [3.8, 4) is 0 Å². The Labute approximate surface area is 134 Å². The highest BCUT2D eigenvalue weighted by Crippen LogP contribution is 2.24. The fourth-order valence-corrected chi connectivity index (χ4v) is 2.23. The van der Waals surface area contributed by atoms with E-state index in [0.29, 0.717) is 34.6 Å². The van der Waals surface area contributed by atoms with Gasteiger partial charge in [0.2, 0.25) is 5.89 Å². The van der Waals surface area contributed by atoms with Gasteiger partial charge in [-0.2, -0.15) is 4.98 Å². The molecule has 1 heterocycles. The summed E-state index contributed by atoms with van der Waals surface area (Å²) in [6, 6.07) is 5.29. The molecule has 0 spiro atoms. The summed E-state index contributed by atoms with van der Waals surface area (Å²) in [7, 11) is 0. The predicted molar refractivity (Wildman–Crippen MR) is 82.7 cm³/mol. The molecule has 21 heavy (non-hydrogen) atoms. The molecular weight excluding hydrogens is 311 g/mol. The Morgan fingerprint density at radius 2 is 2.00 bits per heavy atom. The average Bonchev–Trinajstić information content (AvgIpc) is 2.79. The van der Waals surface area contributed by atoms with Gasteiger partial charge in [-0.1, -0.05) is 55.2 Å². The van der Waals surface area contributed by atoms with Gasteiger partial charge < -0.3 is 9.63 Å². The molecule has 0 saturated carbocycles. The Balaban J connectivity index is 2.06. The number of hydrogen-bond acceptors (Lipinski definition) is 4. The van der Waals surface area contributed by atoms with Crippen molar-refractivity contribution in [2.45, 2.75) is 39.7 Å². The van der Waals surface area contributed by atoms with Gasteiger partial charge in [0.05, 0.1) is 12.5 Å². The molecule has 1 atom stereocenters. The monoisotopic (exact) mass is 328 g/mol. The van der Waals surface area contributed by atoms with E-state index in [2.05, 4.69) is 10.1 Å². The Hall–Kier alpha value is -1.10. The molecule has 6 heteroatoms. The topological polar surface area (TPSA) is 59.2 Å².